The van der Waals surface area contributed by atoms with Crippen LogP contribution < -0.4 is 5.32 Å². The van der Waals surface area contributed by atoms with Crippen LogP contribution >= 0.6 is 0 Å². The highest BCUT2D eigenvalue weighted by atomic mass is 15.0. The van der Waals surface area contributed by atoms with Gasteiger partial charge in [0.15, 0.2) is 0 Å². The SMILES string of the molecule is Cc1ccccc1[C@@H](C)NC1CCCCC1(C)C. The van der Waals surface area contributed by atoms with Gasteiger partial charge in [0.1, 0.15) is 0 Å². The lowest BCUT2D eigenvalue weighted by Crippen LogP contribution is -2.45. The molecule has 0 spiro atoms. The van der Waals surface area contributed by atoms with Crippen LogP contribution in [0.4, 0.5) is 0 Å². The summed E-state index contributed by atoms with van der Waals surface area (Å²) in [6.07, 6.45) is 5.44. The molecule has 2 rings (SSSR count). The van der Waals surface area contributed by atoms with Gasteiger partial charge in [0.2, 0.25) is 0 Å². The Morgan fingerprint density at radius 2 is 1.94 bits per heavy atom. The zero-order valence-electron chi connectivity index (χ0n) is 12.3. The highest BCUT2D eigenvalue weighted by Gasteiger charge is 2.32. The molecule has 1 heteroatoms. The highest BCUT2D eigenvalue weighted by Crippen LogP contribution is 2.36. The lowest BCUT2D eigenvalue weighted by atomic mass is 9.73. The second-order valence-corrected chi connectivity index (χ2v) is 6.53. The summed E-state index contributed by atoms with van der Waals surface area (Å²) < 4.78 is 0. The quantitative estimate of drug-likeness (QED) is 0.819. The van der Waals surface area contributed by atoms with Crippen molar-refractivity contribution in [3.05, 3.63) is 35.4 Å². The topological polar surface area (TPSA) is 12.0 Å². The van der Waals surface area contributed by atoms with Gasteiger partial charge >= 0.3 is 0 Å². The zero-order chi connectivity index (χ0) is 13.2. The maximum atomic E-state index is 3.87. The molecule has 0 radical (unpaired) electrons. The van der Waals surface area contributed by atoms with Crippen LogP contribution in [-0.4, -0.2) is 6.04 Å². The number of nitrogens with one attached hydrogen (secondary N) is 1. The third kappa shape index (κ3) is 2.95. The van der Waals surface area contributed by atoms with Crippen molar-refractivity contribution in [1.29, 1.82) is 0 Å². The molecule has 1 saturated carbocycles. The van der Waals surface area contributed by atoms with Crippen molar-refractivity contribution < 1.29 is 0 Å². The normalized spacial score (nSPS) is 24.8. The van der Waals surface area contributed by atoms with E-state index in [-0.39, 0.29) is 0 Å². The van der Waals surface area contributed by atoms with Gasteiger partial charge in [0.25, 0.3) is 0 Å². The summed E-state index contributed by atoms with van der Waals surface area (Å²) in [6.45, 7) is 9.33. The molecule has 0 amide bonds. The average Bonchev–Trinajstić information content (AvgIpc) is 2.32. The summed E-state index contributed by atoms with van der Waals surface area (Å²) in [7, 11) is 0. The van der Waals surface area contributed by atoms with Crippen LogP contribution in [0.15, 0.2) is 24.3 Å². The van der Waals surface area contributed by atoms with Crippen molar-refractivity contribution in [2.75, 3.05) is 0 Å². The maximum absolute atomic E-state index is 3.87. The summed E-state index contributed by atoms with van der Waals surface area (Å²) in [5.74, 6) is 0. The first-order valence-corrected chi connectivity index (χ1v) is 7.32. The van der Waals surface area contributed by atoms with Crippen LogP contribution in [0, 0.1) is 12.3 Å². The van der Waals surface area contributed by atoms with Gasteiger partial charge in [-0.25, -0.2) is 0 Å². The summed E-state index contributed by atoms with van der Waals surface area (Å²) in [4.78, 5) is 0. The van der Waals surface area contributed by atoms with Gasteiger partial charge in [-0.3, -0.25) is 0 Å². The largest absolute Gasteiger partial charge is 0.307 e. The molecule has 0 heterocycles. The molecule has 0 aromatic heterocycles. The van der Waals surface area contributed by atoms with Crippen LogP contribution in [0.3, 0.4) is 0 Å². The van der Waals surface area contributed by atoms with E-state index in [1.165, 1.54) is 36.8 Å². The molecule has 0 aliphatic heterocycles. The second kappa shape index (κ2) is 5.44. The van der Waals surface area contributed by atoms with Crippen molar-refractivity contribution in [1.82, 2.24) is 5.32 Å². The second-order valence-electron chi connectivity index (χ2n) is 6.53. The minimum Gasteiger partial charge on any atom is -0.307 e. The predicted molar refractivity (Wildman–Crippen MR) is 78.8 cm³/mol. The molecule has 1 aliphatic rings. The van der Waals surface area contributed by atoms with E-state index in [0.717, 1.165) is 0 Å². The molecule has 1 unspecified atom stereocenters. The molecule has 0 bridgehead atoms. The Morgan fingerprint density at radius 3 is 2.61 bits per heavy atom. The molecule has 2 atom stereocenters. The first-order valence-electron chi connectivity index (χ1n) is 7.32. The number of rotatable bonds is 3. The van der Waals surface area contributed by atoms with E-state index in [1.807, 2.05) is 0 Å². The van der Waals surface area contributed by atoms with Crippen molar-refractivity contribution in [3.8, 4) is 0 Å². The van der Waals surface area contributed by atoms with E-state index in [9.17, 15) is 0 Å². The highest BCUT2D eigenvalue weighted by molar-refractivity contribution is 5.28. The molecule has 18 heavy (non-hydrogen) atoms. The summed E-state index contributed by atoms with van der Waals surface area (Å²) in [5.41, 5.74) is 3.28. The summed E-state index contributed by atoms with van der Waals surface area (Å²) >= 11 is 0. The van der Waals surface area contributed by atoms with E-state index >= 15 is 0 Å². The molecular weight excluding hydrogens is 218 g/mol. The molecule has 1 aliphatic carbocycles. The Kier molecular flexibility index (Phi) is 4.11. The van der Waals surface area contributed by atoms with Gasteiger partial charge in [-0.15, -0.1) is 0 Å². The Hall–Kier alpha value is -0.820. The number of hydrogen-bond acceptors (Lipinski definition) is 1. The fourth-order valence-corrected chi connectivity index (χ4v) is 3.27. The Morgan fingerprint density at radius 1 is 1.22 bits per heavy atom. The van der Waals surface area contributed by atoms with E-state index in [2.05, 4.69) is 57.3 Å². The number of hydrogen-bond donors (Lipinski definition) is 1. The standard InChI is InChI=1S/C17H27N/c1-13-9-5-6-10-15(13)14(2)18-16-11-7-8-12-17(16,3)4/h5-6,9-10,14,16,18H,7-8,11-12H2,1-4H3/t14-,16?/m1/s1. The van der Waals surface area contributed by atoms with E-state index in [4.69, 9.17) is 0 Å². The smallest absolute Gasteiger partial charge is 0.0297 e. The number of aryl methyl sites for hydroxylation is 1. The first-order chi connectivity index (χ1) is 8.50. The van der Waals surface area contributed by atoms with Gasteiger partial charge in [-0.2, -0.15) is 0 Å². The van der Waals surface area contributed by atoms with E-state index in [0.29, 0.717) is 17.5 Å². The third-order valence-electron chi connectivity index (χ3n) is 4.61. The molecule has 100 valence electrons. The van der Waals surface area contributed by atoms with E-state index in [1.54, 1.807) is 0 Å². The minimum atomic E-state index is 0.440. The van der Waals surface area contributed by atoms with Crippen LogP contribution in [0.5, 0.6) is 0 Å². The molecule has 1 fully saturated rings. The van der Waals surface area contributed by atoms with Crippen LogP contribution in [0.25, 0.3) is 0 Å². The fourth-order valence-electron chi connectivity index (χ4n) is 3.27. The fraction of sp³-hybridized carbons (Fsp3) is 0.647. The summed E-state index contributed by atoms with van der Waals surface area (Å²) in [6, 6.07) is 9.83. The van der Waals surface area contributed by atoms with Crippen molar-refractivity contribution in [2.45, 2.75) is 65.5 Å². The first kappa shape index (κ1) is 13.6. The molecule has 1 nitrogen and oxygen atoms in total. The van der Waals surface area contributed by atoms with Crippen molar-refractivity contribution in [2.24, 2.45) is 5.41 Å². The van der Waals surface area contributed by atoms with Gasteiger partial charge < -0.3 is 5.32 Å². The molecular formula is C17H27N. The van der Waals surface area contributed by atoms with Gasteiger partial charge in [0, 0.05) is 12.1 Å². The lowest BCUT2D eigenvalue weighted by Gasteiger charge is -2.41. The molecule has 1 N–H and O–H groups in total. The molecule has 1 aromatic carbocycles. The van der Waals surface area contributed by atoms with Crippen LogP contribution in [0.2, 0.25) is 0 Å². The number of benzene rings is 1. The third-order valence-corrected chi connectivity index (χ3v) is 4.61. The minimum absolute atomic E-state index is 0.440. The van der Waals surface area contributed by atoms with Gasteiger partial charge in [0.05, 0.1) is 0 Å². The lowest BCUT2D eigenvalue weighted by molar-refractivity contribution is 0.157. The van der Waals surface area contributed by atoms with Crippen LogP contribution in [0.1, 0.15) is 63.6 Å². The van der Waals surface area contributed by atoms with Crippen molar-refractivity contribution >= 4 is 0 Å². The van der Waals surface area contributed by atoms with Gasteiger partial charge in [-0.05, 0) is 43.2 Å². The predicted octanol–water partition coefficient (Wildman–Crippen LogP) is 4.61. The zero-order valence-corrected chi connectivity index (χ0v) is 12.3. The van der Waals surface area contributed by atoms with Crippen LogP contribution in [-0.2, 0) is 0 Å². The Labute approximate surface area is 112 Å². The monoisotopic (exact) mass is 245 g/mol. The maximum Gasteiger partial charge on any atom is 0.0297 e. The van der Waals surface area contributed by atoms with Crippen molar-refractivity contribution in [3.63, 3.8) is 0 Å². The van der Waals surface area contributed by atoms with E-state index < -0.39 is 0 Å². The molecule has 0 saturated heterocycles. The van der Waals surface area contributed by atoms with Gasteiger partial charge in [-0.1, -0.05) is 51.0 Å². The Bertz CT molecular complexity index is 394. The average molecular weight is 245 g/mol. The molecule has 1 aromatic rings. The summed E-state index contributed by atoms with van der Waals surface area (Å²) in [5, 5.41) is 3.87. The Balaban J connectivity index is 2.07.